The van der Waals surface area contributed by atoms with Crippen LogP contribution in [0.5, 0.6) is 0 Å². The Hall–Kier alpha value is -2.41. The highest BCUT2D eigenvalue weighted by molar-refractivity contribution is 5.79. The van der Waals surface area contributed by atoms with E-state index in [0.717, 1.165) is 76.2 Å². The number of hydrogen-bond donors (Lipinski definition) is 2. The lowest BCUT2D eigenvalue weighted by atomic mass is 9.91. The van der Waals surface area contributed by atoms with Crippen LogP contribution in [0.4, 0.5) is 0 Å². The number of amides is 1. The van der Waals surface area contributed by atoms with Crippen LogP contribution in [0, 0.1) is 11.8 Å². The quantitative estimate of drug-likeness (QED) is 0.842. The first-order chi connectivity index (χ1) is 13.7. The van der Waals surface area contributed by atoms with Crippen molar-refractivity contribution >= 4 is 5.91 Å². The van der Waals surface area contributed by atoms with Crippen molar-refractivity contribution in [2.75, 3.05) is 26.2 Å². The number of carbonyl (C=O) groups excluding carboxylic acids is 1. The lowest BCUT2D eigenvalue weighted by Crippen LogP contribution is -2.42. The molecule has 0 bridgehead atoms. The van der Waals surface area contributed by atoms with E-state index < -0.39 is 0 Å². The summed E-state index contributed by atoms with van der Waals surface area (Å²) in [6.07, 6.45) is 5.73. The molecule has 0 spiro atoms. The molecule has 2 fully saturated rings. The topological polar surface area (TPSA) is 83.0 Å². The molecular weight excluding hydrogens is 354 g/mol. The third-order valence-corrected chi connectivity index (χ3v) is 6.08. The maximum atomic E-state index is 12.8. The zero-order valence-corrected chi connectivity index (χ0v) is 16.3. The lowest BCUT2D eigenvalue weighted by molar-refractivity contribution is -0.137. The average molecular weight is 383 g/mol. The number of aromatic amines is 1. The Balaban J connectivity index is 1.36. The van der Waals surface area contributed by atoms with Gasteiger partial charge in [-0.3, -0.25) is 4.79 Å². The van der Waals surface area contributed by atoms with Crippen LogP contribution in [0.25, 0.3) is 5.69 Å². The van der Waals surface area contributed by atoms with E-state index in [0.29, 0.717) is 11.8 Å². The molecule has 0 aliphatic carbocycles. The van der Waals surface area contributed by atoms with Gasteiger partial charge in [-0.2, -0.15) is 5.10 Å². The number of H-pyrrole nitrogens is 1. The minimum atomic E-state index is -0.198. The van der Waals surface area contributed by atoms with Gasteiger partial charge in [-0.05, 0) is 63.2 Å². The maximum absolute atomic E-state index is 12.8. The third-order valence-electron chi connectivity index (χ3n) is 6.08. The SMILES string of the molecule is O=C(C1CCCNCC1)N1CCC(Cc2n[nH]c(=O)n2-c2ccccc2)CC1. The van der Waals surface area contributed by atoms with Crippen molar-refractivity contribution in [3.8, 4) is 5.69 Å². The molecule has 7 nitrogen and oxygen atoms in total. The number of rotatable bonds is 4. The van der Waals surface area contributed by atoms with E-state index >= 15 is 0 Å². The summed E-state index contributed by atoms with van der Waals surface area (Å²) in [5.74, 6) is 1.73. The van der Waals surface area contributed by atoms with Gasteiger partial charge in [0, 0.05) is 25.4 Å². The molecule has 1 aromatic heterocycles. The van der Waals surface area contributed by atoms with E-state index in [1.54, 1.807) is 4.57 Å². The molecule has 7 heteroatoms. The van der Waals surface area contributed by atoms with Gasteiger partial charge < -0.3 is 10.2 Å². The van der Waals surface area contributed by atoms with Crippen molar-refractivity contribution in [1.29, 1.82) is 0 Å². The van der Waals surface area contributed by atoms with Crippen molar-refractivity contribution in [1.82, 2.24) is 25.0 Å². The largest absolute Gasteiger partial charge is 0.347 e. The van der Waals surface area contributed by atoms with Crippen molar-refractivity contribution in [2.24, 2.45) is 11.8 Å². The summed E-state index contributed by atoms with van der Waals surface area (Å²) in [5.41, 5.74) is 0.640. The van der Waals surface area contributed by atoms with Crippen LogP contribution < -0.4 is 11.0 Å². The third kappa shape index (κ3) is 4.19. The first-order valence-electron chi connectivity index (χ1n) is 10.4. The molecule has 2 N–H and O–H groups in total. The summed E-state index contributed by atoms with van der Waals surface area (Å²) in [7, 11) is 0. The number of piperidine rings is 1. The van der Waals surface area contributed by atoms with Gasteiger partial charge in [-0.15, -0.1) is 0 Å². The molecule has 1 amide bonds. The standard InChI is InChI=1S/C21H29N5O2/c27-20(17-5-4-11-22-12-8-17)25-13-9-16(10-14-25)15-19-23-24-21(28)26(19)18-6-2-1-3-7-18/h1-3,6-7,16-17,22H,4-5,8-15H2,(H,24,28). The van der Waals surface area contributed by atoms with Crippen molar-refractivity contribution in [2.45, 2.75) is 38.5 Å². The summed E-state index contributed by atoms with van der Waals surface area (Å²) in [6.45, 7) is 3.60. The molecule has 1 aromatic carbocycles. The Bertz CT molecular complexity index is 828. The maximum Gasteiger partial charge on any atom is 0.347 e. The van der Waals surface area contributed by atoms with Crippen molar-refractivity contribution in [3.05, 3.63) is 46.6 Å². The molecule has 3 heterocycles. The number of nitrogens with zero attached hydrogens (tertiary/aromatic N) is 3. The van der Waals surface area contributed by atoms with Crippen molar-refractivity contribution < 1.29 is 4.79 Å². The number of hydrogen-bond acceptors (Lipinski definition) is 4. The van der Waals surface area contributed by atoms with Crippen LogP contribution in [-0.2, 0) is 11.2 Å². The van der Waals surface area contributed by atoms with Crippen LogP contribution >= 0.6 is 0 Å². The van der Waals surface area contributed by atoms with Gasteiger partial charge in [-0.25, -0.2) is 14.5 Å². The molecule has 0 radical (unpaired) electrons. The highest BCUT2D eigenvalue weighted by Gasteiger charge is 2.29. The second-order valence-electron chi connectivity index (χ2n) is 7.97. The number of benzene rings is 1. The Kier molecular flexibility index (Phi) is 5.90. The first-order valence-corrected chi connectivity index (χ1v) is 10.4. The molecule has 0 saturated carbocycles. The van der Waals surface area contributed by atoms with Crippen LogP contribution in [0.1, 0.15) is 37.9 Å². The number of likely N-dealkylation sites (tertiary alicyclic amines) is 1. The Labute approximate surface area is 165 Å². The second kappa shape index (κ2) is 8.73. The van der Waals surface area contributed by atoms with E-state index in [4.69, 9.17) is 0 Å². The van der Waals surface area contributed by atoms with Gasteiger partial charge in [0.1, 0.15) is 5.82 Å². The molecule has 2 saturated heterocycles. The summed E-state index contributed by atoms with van der Waals surface area (Å²) in [4.78, 5) is 27.1. The summed E-state index contributed by atoms with van der Waals surface area (Å²) >= 11 is 0. The molecule has 2 aliphatic rings. The number of para-hydroxylation sites is 1. The molecular formula is C21H29N5O2. The molecule has 4 rings (SSSR count). The van der Waals surface area contributed by atoms with E-state index in [1.807, 2.05) is 30.3 Å². The fourth-order valence-electron chi connectivity index (χ4n) is 4.45. The predicted octanol–water partition coefficient (Wildman–Crippen LogP) is 1.73. The molecule has 150 valence electrons. The monoisotopic (exact) mass is 383 g/mol. The van der Waals surface area contributed by atoms with Crippen LogP contribution in [0.3, 0.4) is 0 Å². The normalized spacial score (nSPS) is 21.4. The van der Waals surface area contributed by atoms with Crippen molar-refractivity contribution in [3.63, 3.8) is 0 Å². The smallest absolute Gasteiger partial charge is 0.342 e. The van der Waals surface area contributed by atoms with Gasteiger partial charge in [-0.1, -0.05) is 18.2 Å². The van der Waals surface area contributed by atoms with E-state index in [2.05, 4.69) is 20.4 Å². The van der Waals surface area contributed by atoms with E-state index in [1.165, 1.54) is 0 Å². The zero-order valence-electron chi connectivity index (χ0n) is 16.3. The molecule has 1 atom stereocenters. The van der Waals surface area contributed by atoms with Crippen LogP contribution in [0.15, 0.2) is 35.1 Å². The molecule has 2 aliphatic heterocycles. The molecule has 2 aromatic rings. The van der Waals surface area contributed by atoms with Gasteiger partial charge in [0.05, 0.1) is 5.69 Å². The zero-order chi connectivity index (χ0) is 19.3. The highest BCUT2D eigenvalue weighted by Crippen LogP contribution is 2.25. The fourth-order valence-corrected chi connectivity index (χ4v) is 4.45. The second-order valence-corrected chi connectivity index (χ2v) is 7.97. The van der Waals surface area contributed by atoms with E-state index in [-0.39, 0.29) is 11.6 Å². The Morgan fingerprint density at radius 3 is 2.64 bits per heavy atom. The Morgan fingerprint density at radius 2 is 1.86 bits per heavy atom. The first kappa shape index (κ1) is 18.9. The summed E-state index contributed by atoms with van der Waals surface area (Å²) in [6, 6.07) is 9.62. The average Bonchev–Trinajstić information content (AvgIpc) is 2.93. The molecule has 1 unspecified atom stereocenters. The Morgan fingerprint density at radius 1 is 1.07 bits per heavy atom. The predicted molar refractivity (Wildman–Crippen MR) is 107 cm³/mol. The highest BCUT2D eigenvalue weighted by atomic mass is 16.2. The van der Waals surface area contributed by atoms with Gasteiger partial charge in [0.15, 0.2) is 0 Å². The number of carbonyl (C=O) groups is 1. The van der Waals surface area contributed by atoms with Gasteiger partial charge >= 0.3 is 5.69 Å². The lowest BCUT2D eigenvalue weighted by Gasteiger charge is -2.34. The number of nitrogens with one attached hydrogen (secondary N) is 2. The molecule has 28 heavy (non-hydrogen) atoms. The number of aromatic nitrogens is 3. The fraction of sp³-hybridized carbons (Fsp3) is 0.571. The van der Waals surface area contributed by atoms with E-state index in [9.17, 15) is 9.59 Å². The van der Waals surface area contributed by atoms with Crippen LogP contribution in [0.2, 0.25) is 0 Å². The van der Waals surface area contributed by atoms with Gasteiger partial charge in [0.2, 0.25) is 5.91 Å². The van der Waals surface area contributed by atoms with Gasteiger partial charge in [0.25, 0.3) is 0 Å². The van der Waals surface area contributed by atoms with Crippen LogP contribution in [-0.4, -0.2) is 51.8 Å². The minimum Gasteiger partial charge on any atom is -0.342 e. The minimum absolute atomic E-state index is 0.182. The summed E-state index contributed by atoms with van der Waals surface area (Å²) < 4.78 is 1.66. The summed E-state index contributed by atoms with van der Waals surface area (Å²) in [5, 5.41) is 10.2.